The first kappa shape index (κ1) is 24.7. The largest absolute Gasteiger partial charge is 0.508 e. The topological polar surface area (TPSA) is 73.6 Å². The maximum absolute atomic E-state index is 12.7. The zero-order valence-electron chi connectivity index (χ0n) is 20.5. The maximum Gasteiger partial charge on any atom is 0.234 e. The molecule has 0 bridgehead atoms. The van der Waals surface area contributed by atoms with Crippen LogP contribution in [0.5, 0.6) is 5.75 Å². The Kier molecular flexibility index (Phi) is 7.58. The summed E-state index contributed by atoms with van der Waals surface area (Å²) in [4.78, 5) is 17.1. The predicted molar refractivity (Wildman–Crippen MR) is 150 cm³/mol. The van der Waals surface area contributed by atoms with Gasteiger partial charge in [0.15, 0.2) is 0 Å². The fraction of sp³-hybridized carbons (Fsp3) is 0.207. The first-order valence-corrected chi connectivity index (χ1v) is 12.8. The van der Waals surface area contributed by atoms with Crippen molar-refractivity contribution in [2.24, 2.45) is 0 Å². The number of phenolic OH excluding ortho intramolecular Hbond substituents is 1. The smallest absolute Gasteiger partial charge is 0.234 e. The van der Waals surface area contributed by atoms with Gasteiger partial charge in [0.05, 0.1) is 30.2 Å². The summed E-state index contributed by atoms with van der Waals surface area (Å²) in [6.45, 7) is 3.89. The van der Waals surface area contributed by atoms with E-state index in [-0.39, 0.29) is 11.7 Å². The number of rotatable bonds is 8. The second kappa shape index (κ2) is 11.4. The molecule has 37 heavy (non-hydrogen) atoms. The number of anilines is 1. The molecule has 0 atom stereocenters. The Hall–Kier alpha value is -4.01. The molecule has 5 rings (SSSR count). The van der Waals surface area contributed by atoms with Gasteiger partial charge in [-0.15, -0.1) is 0 Å². The summed E-state index contributed by atoms with van der Waals surface area (Å²) in [5, 5.41) is 19.2. The molecule has 0 aliphatic carbocycles. The summed E-state index contributed by atoms with van der Waals surface area (Å²) in [5.41, 5.74) is 5.72. The number of carbonyl (C=O) groups excluding carboxylic acids is 1. The van der Waals surface area contributed by atoms with Gasteiger partial charge >= 0.3 is 0 Å². The summed E-state index contributed by atoms with van der Waals surface area (Å²) in [6, 6.07) is 27.3. The molecule has 0 saturated carbocycles. The lowest BCUT2D eigenvalue weighted by atomic mass is 10.1. The number of piperazine rings is 1. The molecule has 1 fully saturated rings. The average Bonchev–Trinajstić information content (AvgIpc) is 3.37. The van der Waals surface area contributed by atoms with Crippen molar-refractivity contribution in [1.82, 2.24) is 20.0 Å². The number of phenols is 1. The van der Waals surface area contributed by atoms with Gasteiger partial charge in [0.25, 0.3) is 0 Å². The Morgan fingerprint density at radius 3 is 2.35 bits per heavy atom. The molecule has 2 N–H and O–H groups in total. The first-order chi connectivity index (χ1) is 18.1. The van der Waals surface area contributed by atoms with Gasteiger partial charge in [-0.25, -0.2) is 4.68 Å². The van der Waals surface area contributed by atoms with Crippen molar-refractivity contribution in [3.05, 3.63) is 96.2 Å². The second-order valence-electron chi connectivity index (χ2n) is 9.07. The molecule has 0 spiro atoms. The molecule has 0 radical (unpaired) electrons. The molecule has 3 aromatic carbocycles. The van der Waals surface area contributed by atoms with E-state index < -0.39 is 0 Å². The number of para-hydroxylation sites is 1. The minimum Gasteiger partial charge on any atom is -0.508 e. The van der Waals surface area contributed by atoms with Crippen LogP contribution in [-0.2, 0) is 11.3 Å². The van der Waals surface area contributed by atoms with Crippen LogP contribution in [0, 0.1) is 0 Å². The number of aromatic hydroxyl groups is 1. The van der Waals surface area contributed by atoms with E-state index >= 15 is 0 Å². The average molecular weight is 512 g/mol. The van der Waals surface area contributed by atoms with Crippen LogP contribution in [0.25, 0.3) is 16.9 Å². The third-order valence-electron chi connectivity index (χ3n) is 6.50. The summed E-state index contributed by atoms with van der Waals surface area (Å²) < 4.78 is 1.91. The minimum absolute atomic E-state index is 0.0213. The van der Waals surface area contributed by atoms with Crippen molar-refractivity contribution < 1.29 is 9.90 Å². The Bertz CT molecular complexity index is 1360. The van der Waals surface area contributed by atoms with Crippen LogP contribution in [0.3, 0.4) is 0 Å². The highest BCUT2D eigenvalue weighted by atomic mass is 32.1. The van der Waals surface area contributed by atoms with E-state index in [1.165, 1.54) is 0 Å². The molecule has 1 aliphatic heterocycles. The van der Waals surface area contributed by atoms with Crippen molar-refractivity contribution in [3.63, 3.8) is 0 Å². The Labute approximate surface area is 222 Å². The van der Waals surface area contributed by atoms with Gasteiger partial charge in [0.1, 0.15) is 5.75 Å². The molecule has 1 amide bonds. The van der Waals surface area contributed by atoms with Crippen LogP contribution in [0.2, 0.25) is 0 Å². The van der Waals surface area contributed by atoms with E-state index in [0.29, 0.717) is 13.1 Å². The van der Waals surface area contributed by atoms with Crippen LogP contribution in [-0.4, -0.2) is 63.8 Å². The van der Waals surface area contributed by atoms with E-state index in [9.17, 15) is 9.90 Å². The molecule has 2 heterocycles. The number of amides is 1. The molecule has 1 saturated heterocycles. The van der Waals surface area contributed by atoms with Gasteiger partial charge in [-0.05, 0) is 35.9 Å². The third-order valence-corrected chi connectivity index (χ3v) is 6.78. The van der Waals surface area contributed by atoms with Crippen LogP contribution in [0.15, 0.2) is 84.9 Å². The van der Waals surface area contributed by atoms with Gasteiger partial charge in [-0.3, -0.25) is 9.69 Å². The molecule has 1 aromatic heterocycles. The fourth-order valence-electron chi connectivity index (χ4n) is 4.52. The highest BCUT2D eigenvalue weighted by molar-refractivity contribution is 7.79. The number of carbonyl (C=O) groups is 1. The highest BCUT2D eigenvalue weighted by Gasteiger charge is 2.20. The molecule has 4 aromatic rings. The third kappa shape index (κ3) is 6.04. The normalized spacial score (nSPS) is 13.9. The number of benzene rings is 3. The molecular weight excluding hydrogens is 482 g/mol. The predicted octanol–water partition coefficient (Wildman–Crippen LogP) is 4.03. The Morgan fingerprint density at radius 1 is 0.919 bits per heavy atom. The van der Waals surface area contributed by atoms with Crippen LogP contribution in [0.4, 0.5) is 5.69 Å². The standard InChI is InChI=1S/C29H29N5O2S/c35-27-8-4-7-26(18-27)33-15-13-32(14-16-33)20-29(36)30-19-24-17-28(23-11-9-22(21-37)10-12-23)34(31-24)25-5-2-1-3-6-25/h1-12,17-18,21,35H,13-16,19-20H2,(H,30,36). The zero-order valence-corrected chi connectivity index (χ0v) is 21.3. The number of hydrogen-bond donors (Lipinski definition) is 2. The van der Waals surface area contributed by atoms with Gasteiger partial charge < -0.3 is 15.3 Å². The number of aromatic nitrogens is 2. The van der Waals surface area contributed by atoms with Crippen molar-refractivity contribution in [1.29, 1.82) is 0 Å². The number of hydrogen-bond acceptors (Lipinski definition) is 6. The Balaban J connectivity index is 1.21. The zero-order chi connectivity index (χ0) is 25.6. The monoisotopic (exact) mass is 511 g/mol. The SMILES string of the molecule is O=C(CN1CCN(c2cccc(O)c2)CC1)NCc1cc(-c2ccc(C=S)cc2)n(-c2ccccc2)n1. The molecule has 188 valence electrons. The molecule has 7 nitrogen and oxygen atoms in total. The lowest BCUT2D eigenvalue weighted by Gasteiger charge is -2.35. The summed E-state index contributed by atoms with van der Waals surface area (Å²) in [5.74, 6) is 0.246. The van der Waals surface area contributed by atoms with E-state index in [4.69, 9.17) is 17.3 Å². The summed E-state index contributed by atoms with van der Waals surface area (Å²) in [6.07, 6.45) is 0. The van der Waals surface area contributed by atoms with Crippen molar-refractivity contribution >= 4 is 29.2 Å². The highest BCUT2D eigenvalue weighted by Crippen LogP contribution is 2.25. The lowest BCUT2D eigenvalue weighted by Crippen LogP contribution is -2.49. The minimum atomic E-state index is -0.0213. The fourth-order valence-corrected chi connectivity index (χ4v) is 4.68. The molecular formula is C29H29N5O2S. The van der Waals surface area contributed by atoms with Crippen molar-refractivity contribution in [2.75, 3.05) is 37.6 Å². The number of nitrogens with zero attached hydrogens (tertiary/aromatic N) is 4. The van der Waals surface area contributed by atoms with Gasteiger partial charge in [-0.1, -0.05) is 60.7 Å². The van der Waals surface area contributed by atoms with Gasteiger partial charge in [0.2, 0.25) is 5.91 Å². The second-order valence-corrected chi connectivity index (χ2v) is 9.30. The van der Waals surface area contributed by atoms with E-state index in [1.807, 2.05) is 77.5 Å². The number of nitrogens with one attached hydrogen (secondary N) is 1. The summed E-state index contributed by atoms with van der Waals surface area (Å²) >= 11 is 5.04. The van der Waals surface area contributed by atoms with Gasteiger partial charge in [-0.2, -0.15) is 5.10 Å². The van der Waals surface area contributed by atoms with Crippen molar-refractivity contribution in [2.45, 2.75) is 6.54 Å². The number of thiocarbonyl (C=S) groups is 1. The van der Waals surface area contributed by atoms with Crippen LogP contribution < -0.4 is 10.2 Å². The lowest BCUT2D eigenvalue weighted by molar-refractivity contribution is -0.122. The molecule has 1 aliphatic rings. The van der Waals surface area contributed by atoms with E-state index in [0.717, 1.165) is 60.1 Å². The first-order valence-electron chi connectivity index (χ1n) is 12.3. The molecule has 0 unspecified atom stereocenters. The van der Waals surface area contributed by atoms with Crippen LogP contribution >= 0.6 is 12.2 Å². The van der Waals surface area contributed by atoms with E-state index in [1.54, 1.807) is 17.5 Å². The summed E-state index contributed by atoms with van der Waals surface area (Å²) in [7, 11) is 0. The van der Waals surface area contributed by atoms with Gasteiger partial charge in [0, 0.05) is 48.9 Å². The Morgan fingerprint density at radius 2 is 1.65 bits per heavy atom. The van der Waals surface area contributed by atoms with Crippen LogP contribution in [0.1, 0.15) is 11.3 Å². The quantitative estimate of drug-likeness (QED) is 0.348. The molecule has 8 heteroatoms. The van der Waals surface area contributed by atoms with Crippen molar-refractivity contribution in [3.8, 4) is 22.7 Å². The van der Waals surface area contributed by atoms with E-state index in [2.05, 4.69) is 15.1 Å². The maximum atomic E-state index is 12.7.